The normalized spacial score (nSPS) is 16.2. The molecule has 1 aliphatic heterocycles. The molecule has 0 aliphatic carbocycles. The number of esters is 1. The summed E-state index contributed by atoms with van der Waals surface area (Å²) in [5, 5.41) is 0.745. The van der Waals surface area contributed by atoms with Gasteiger partial charge < -0.3 is 14.1 Å². The molecule has 0 saturated carbocycles. The van der Waals surface area contributed by atoms with Crippen LogP contribution in [-0.2, 0) is 20.9 Å². The molecule has 4 rings (SSSR count). The molecular weight excluding hydrogens is 394 g/mol. The summed E-state index contributed by atoms with van der Waals surface area (Å²) in [5.41, 5.74) is 5.60. The Morgan fingerprint density at radius 3 is 2.58 bits per heavy atom. The zero-order valence-corrected chi connectivity index (χ0v) is 18.2. The second kappa shape index (κ2) is 8.02. The molecule has 1 aliphatic rings. The van der Waals surface area contributed by atoms with Crippen LogP contribution in [0, 0.1) is 33.6 Å². The van der Waals surface area contributed by atoms with Crippen LogP contribution in [0.2, 0.25) is 0 Å². The first-order valence-electron chi connectivity index (χ1n) is 10.3. The fraction of sp³-hybridized carbons (Fsp3) is 0.320. The zero-order valence-electron chi connectivity index (χ0n) is 18.2. The van der Waals surface area contributed by atoms with Gasteiger partial charge in [-0.05, 0) is 68.1 Å². The number of carbonyl (C=O) groups is 2. The SMILES string of the molecule is Cc1cc2oc(=O)cc(COC(=O)[C@@H]3CC(=O)N(c4cccc(C)c4C)C3)c2cc1C. The molecular formula is C25H25NO5. The Balaban J connectivity index is 1.51. The van der Waals surface area contributed by atoms with E-state index in [4.69, 9.17) is 9.15 Å². The van der Waals surface area contributed by atoms with Gasteiger partial charge in [-0.3, -0.25) is 9.59 Å². The van der Waals surface area contributed by atoms with Crippen molar-refractivity contribution < 1.29 is 18.7 Å². The first kappa shape index (κ1) is 20.8. The molecule has 160 valence electrons. The minimum absolute atomic E-state index is 0.0440. The van der Waals surface area contributed by atoms with Gasteiger partial charge in [-0.2, -0.15) is 0 Å². The van der Waals surface area contributed by atoms with E-state index in [9.17, 15) is 14.4 Å². The number of hydrogen-bond acceptors (Lipinski definition) is 5. The molecule has 1 atom stereocenters. The molecule has 0 spiro atoms. The summed E-state index contributed by atoms with van der Waals surface area (Å²) < 4.78 is 10.8. The molecule has 0 bridgehead atoms. The van der Waals surface area contributed by atoms with Crippen molar-refractivity contribution in [2.24, 2.45) is 5.92 Å². The number of aryl methyl sites for hydroxylation is 3. The summed E-state index contributed by atoms with van der Waals surface area (Å²) in [4.78, 5) is 38.9. The highest BCUT2D eigenvalue weighted by Crippen LogP contribution is 2.30. The van der Waals surface area contributed by atoms with Gasteiger partial charge in [0.2, 0.25) is 5.91 Å². The van der Waals surface area contributed by atoms with Crippen LogP contribution in [0.25, 0.3) is 11.0 Å². The van der Waals surface area contributed by atoms with E-state index in [0.717, 1.165) is 33.3 Å². The van der Waals surface area contributed by atoms with E-state index in [0.29, 0.717) is 11.1 Å². The second-order valence-corrected chi connectivity index (χ2v) is 8.26. The van der Waals surface area contributed by atoms with Crippen molar-refractivity contribution in [3.05, 3.63) is 74.6 Å². The highest BCUT2D eigenvalue weighted by Gasteiger charge is 2.36. The first-order chi connectivity index (χ1) is 14.7. The lowest BCUT2D eigenvalue weighted by Crippen LogP contribution is -2.27. The summed E-state index contributed by atoms with van der Waals surface area (Å²) in [5.74, 6) is -1.07. The van der Waals surface area contributed by atoms with Crippen LogP contribution in [0.5, 0.6) is 0 Å². The van der Waals surface area contributed by atoms with Crippen LogP contribution < -0.4 is 10.5 Å². The molecule has 1 saturated heterocycles. The number of carbonyl (C=O) groups excluding carboxylic acids is 2. The lowest BCUT2D eigenvalue weighted by molar-refractivity contribution is -0.149. The predicted octanol–water partition coefficient (Wildman–Crippen LogP) is 4.12. The van der Waals surface area contributed by atoms with Gasteiger partial charge in [0.05, 0.1) is 5.92 Å². The summed E-state index contributed by atoms with van der Waals surface area (Å²) in [6, 6.07) is 10.9. The number of fused-ring (bicyclic) bond motifs is 1. The molecule has 0 radical (unpaired) electrons. The molecule has 1 fully saturated rings. The number of anilines is 1. The molecule has 0 N–H and O–H groups in total. The third-order valence-corrected chi connectivity index (χ3v) is 6.14. The Kier molecular flexibility index (Phi) is 5.39. The van der Waals surface area contributed by atoms with E-state index in [1.165, 1.54) is 6.07 Å². The fourth-order valence-electron chi connectivity index (χ4n) is 4.00. The maximum absolute atomic E-state index is 12.7. The van der Waals surface area contributed by atoms with Gasteiger partial charge in [-0.25, -0.2) is 4.79 Å². The van der Waals surface area contributed by atoms with Gasteiger partial charge in [0.15, 0.2) is 0 Å². The summed E-state index contributed by atoms with van der Waals surface area (Å²) in [7, 11) is 0. The van der Waals surface area contributed by atoms with Gasteiger partial charge in [-0.15, -0.1) is 0 Å². The molecule has 6 nitrogen and oxygen atoms in total. The minimum Gasteiger partial charge on any atom is -0.461 e. The maximum atomic E-state index is 12.7. The number of amides is 1. The van der Waals surface area contributed by atoms with Crippen LogP contribution in [0.3, 0.4) is 0 Å². The van der Waals surface area contributed by atoms with E-state index >= 15 is 0 Å². The standard InChI is InChI=1S/C25H25NO5/c1-14-6-5-7-21(17(14)4)26-12-18(10-23(26)27)25(29)30-13-19-11-24(28)31-22-9-16(3)15(2)8-20(19)22/h5-9,11,18H,10,12-13H2,1-4H3/t18-/m1/s1. The van der Waals surface area contributed by atoms with Crippen molar-refractivity contribution in [3.63, 3.8) is 0 Å². The van der Waals surface area contributed by atoms with Gasteiger partial charge in [0.25, 0.3) is 0 Å². The molecule has 6 heteroatoms. The van der Waals surface area contributed by atoms with Crippen molar-refractivity contribution in [1.82, 2.24) is 0 Å². The van der Waals surface area contributed by atoms with Crippen molar-refractivity contribution in [2.75, 3.05) is 11.4 Å². The number of ether oxygens (including phenoxy) is 1. The average Bonchev–Trinajstić information content (AvgIpc) is 3.11. The monoisotopic (exact) mass is 419 g/mol. The fourth-order valence-corrected chi connectivity index (χ4v) is 4.00. The maximum Gasteiger partial charge on any atom is 0.336 e. The van der Waals surface area contributed by atoms with Crippen molar-refractivity contribution in [2.45, 2.75) is 40.7 Å². The quantitative estimate of drug-likeness (QED) is 0.470. The van der Waals surface area contributed by atoms with Crippen LogP contribution in [0.1, 0.15) is 34.2 Å². The Morgan fingerprint density at radius 1 is 1.06 bits per heavy atom. The van der Waals surface area contributed by atoms with Gasteiger partial charge >= 0.3 is 11.6 Å². The minimum atomic E-state index is -0.539. The zero-order chi connectivity index (χ0) is 22.3. The van der Waals surface area contributed by atoms with Crippen LogP contribution in [-0.4, -0.2) is 18.4 Å². The topological polar surface area (TPSA) is 76.8 Å². The van der Waals surface area contributed by atoms with Crippen molar-refractivity contribution in [3.8, 4) is 0 Å². The van der Waals surface area contributed by atoms with Gasteiger partial charge in [-0.1, -0.05) is 12.1 Å². The molecule has 2 heterocycles. The molecule has 0 unspecified atom stereocenters. The van der Waals surface area contributed by atoms with E-state index in [1.54, 1.807) is 4.90 Å². The third kappa shape index (κ3) is 3.98. The summed E-state index contributed by atoms with van der Waals surface area (Å²) in [6.45, 7) is 8.13. The third-order valence-electron chi connectivity index (χ3n) is 6.14. The Hall–Kier alpha value is -3.41. The lowest BCUT2D eigenvalue weighted by Gasteiger charge is -2.20. The van der Waals surface area contributed by atoms with Gasteiger partial charge in [0, 0.05) is 35.7 Å². The first-order valence-corrected chi connectivity index (χ1v) is 10.3. The summed E-state index contributed by atoms with van der Waals surface area (Å²) in [6.07, 6.45) is 0.113. The smallest absolute Gasteiger partial charge is 0.336 e. The van der Waals surface area contributed by atoms with E-state index in [1.807, 2.05) is 58.0 Å². The Labute approximate surface area is 180 Å². The Bertz CT molecular complexity index is 1260. The lowest BCUT2D eigenvalue weighted by atomic mass is 10.0. The molecule has 1 amide bonds. The highest BCUT2D eigenvalue weighted by atomic mass is 16.5. The van der Waals surface area contributed by atoms with Crippen molar-refractivity contribution in [1.29, 1.82) is 0 Å². The van der Waals surface area contributed by atoms with Crippen LogP contribution in [0.4, 0.5) is 5.69 Å². The molecule has 3 aromatic rings. The van der Waals surface area contributed by atoms with Crippen LogP contribution >= 0.6 is 0 Å². The number of benzene rings is 2. The molecule has 2 aromatic carbocycles. The predicted molar refractivity (Wildman–Crippen MR) is 118 cm³/mol. The molecule has 1 aromatic heterocycles. The van der Waals surface area contributed by atoms with Crippen LogP contribution in [0.15, 0.2) is 45.6 Å². The van der Waals surface area contributed by atoms with E-state index in [2.05, 4.69) is 0 Å². The number of rotatable bonds is 4. The molecule has 31 heavy (non-hydrogen) atoms. The average molecular weight is 419 g/mol. The highest BCUT2D eigenvalue weighted by molar-refractivity contribution is 6.00. The summed E-state index contributed by atoms with van der Waals surface area (Å²) >= 11 is 0. The second-order valence-electron chi connectivity index (χ2n) is 8.26. The Morgan fingerprint density at radius 2 is 1.81 bits per heavy atom. The van der Waals surface area contributed by atoms with Crippen molar-refractivity contribution >= 4 is 28.5 Å². The largest absolute Gasteiger partial charge is 0.461 e. The van der Waals surface area contributed by atoms with Gasteiger partial charge in [0.1, 0.15) is 12.2 Å². The number of hydrogen-bond donors (Lipinski definition) is 0. The van der Waals surface area contributed by atoms with E-state index < -0.39 is 17.5 Å². The van der Waals surface area contributed by atoms with E-state index in [-0.39, 0.29) is 25.5 Å². The number of nitrogens with zero attached hydrogens (tertiary/aromatic N) is 1.